The van der Waals surface area contributed by atoms with Gasteiger partial charge in [0.2, 0.25) is 0 Å². The molecule has 1 aromatic heterocycles. The standard InChI is InChI=1S/C14H14N3/c1-2-6-12(14-16-9-10-17-14)11(5-1)13-7-3-4-8-15-13/h1-5,7-8,14,16-17H,9-10H2. The van der Waals surface area contributed by atoms with Crippen molar-refractivity contribution in [2.75, 3.05) is 13.1 Å². The van der Waals surface area contributed by atoms with Gasteiger partial charge in [-0.25, -0.2) is 0 Å². The molecule has 0 bridgehead atoms. The molecule has 1 aliphatic heterocycles. The summed E-state index contributed by atoms with van der Waals surface area (Å²) in [6, 6.07) is 15.3. The molecule has 1 radical (unpaired) electrons. The zero-order chi connectivity index (χ0) is 11.5. The number of nitrogens with zero attached hydrogens (tertiary/aromatic N) is 1. The van der Waals surface area contributed by atoms with Crippen molar-refractivity contribution >= 4 is 0 Å². The molecule has 1 saturated heterocycles. The Hall–Kier alpha value is -1.71. The summed E-state index contributed by atoms with van der Waals surface area (Å²) in [6.45, 7) is 1.99. The molecular weight excluding hydrogens is 210 g/mol. The molecule has 0 amide bonds. The third-order valence-electron chi connectivity index (χ3n) is 2.94. The van der Waals surface area contributed by atoms with E-state index in [9.17, 15) is 0 Å². The van der Waals surface area contributed by atoms with E-state index >= 15 is 0 Å². The van der Waals surface area contributed by atoms with Crippen molar-refractivity contribution in [2.24, 2.45) is 0 Å². The van der Waals surface area contributed by atoms with E-state index in [-0.39, 0.29) is 6.17 Å². The maximum Gasteiger partial charge on any atom is 0.0849 e. The van der Waals surface area contributed by atoms with Gasteiger partial charge in [0, 0.05) is 30.4 Å². The first kappa shape index (κ1) is 10.4. The van der Waals surface area contributed by atoms with Gasteiger partial charge in [-0.05, 0) is 18.2 Å². The highest BCUT2D eigenvalue weighted by molar-refractivity contribution is 5.63. The molecule has 3 nitrogen and oxygen atoms in total. The number of benzene rings is 1. The largest absolute Gasteiger partial charge is 0.297 e. The number of hydrogen-bond acceptors (Lipinski definition) is 3. The van der Waals surface area contributed by atoms with E-state index in [0.29, 0.717) is 0 Å². The summed E-state index contributed by atoms with van der Waals surface area (Å²) in [4.78, 5) is 4.41. The van der Waals surface area contributed by atoms with Gasteiger partial charge in [-0.15, -0.1) is 0 Å². The molecule has 1 fully saturated rings. The molecule has 1 aliphatic rings. The average Bonchev–Trinajstić information content (AvgIpc) is 2.94. The lowest BCUT2D eigenvalue weighted by molar-refractivity contribution is 0.588. The summed E-state index contributed by atoms with van der Waals surface area (Å²) in [6.07, 6.45) is 2.01. The van der Waals surface area contributed by atoms with Gasteiger partial charge in [-0.2, -0.15) is 0 Å². The Kier molecular flexibility index (Phi) is 2.86. The zero-order valence-corrected chi connectivity index (χ0v) is 9.48. The maximum atomic E-state index is 4.41. The van der Waals surface area contributed by atoms with Crippen LogP contribution in [0.2, 0.25) is 0 Å². The summed E-state index contributed by atoms with van der Waals surface area (Å²) < 4.78 is 0. The number of aromatic nitrogens is 1. The Morgan fingerprint density at radius 2 is 2.00 bits per heavy atom. The first-order valence-corrected chi connectivity index (χ1v) is 5.84. The molecule has 0 saturated carbocycles. The quantitative estimate of drug-likeness (QED) is 0.816. The van der Waals surface area contributed by atoms with Crippen molar-refractivity contribution in [1.82, 2.24) is 15.6 Å². The van der Waals surface area contributed by atoms with E-state index in [2.05, 4.69) is 27.8 Å². The number of hydrogen-bond donors (Lipinski definition) is 2. The zero-order valence-electron chi connectivity index (χ0n) is 9.48. The molecule has 1 aromatic carbocycles. The second kappa shape index (κ2) is 4.65. The van der Waals surface area contributed by atoms with Gasteiger partial charge in [-0.3, -0.25) is 15.6 Å². The van der Waals surface area contributed by atoms with Crippen LogP contribution in [0.3, 0.4) is 0 Å². The Balaban J connectivity index is 2.04. The second-order valence-corrected chi connectivity index (χ2v) is 4.05. The SMILES string of the molecule is [c]1cccc(-c2ccccn2)c1C1NCCN1. The summed E-state index contributed by atoms with van der Waals surface area (Å²) in [5.41, 5.74) is 3.28. The molecule has 3 rings (SSSR count). The predicted molar refractivity (Wildman–Crippen MR) is 67.3 cm³/mol. The molecule has 2 heterocycles. The minimum Gasteiger partial charge on any atom is -0.297 e. The van der Waals surface area contributed by atoms with Crippen LogP contribution in [-0.4, -0.2) is 18.1 Å². The van der Waals surface area contributed by atoms with Crippen LogP contribution in [0.25, 0.3) is 11.3 Å². The van der Waals surface area contributed by atoms with Crippen molar-refractivity contribution in [3.05, 3.63) is 54.2 Å². The molecule has 0 spiro atoms. The lowest BCUT2D eigenvalue weighted by atomic mass is 10.0. The van der Waals surface area contributed by atoms with E-state index in [0.717, 1.165) is 29.9 Å². The molecule has 85 valence electrons. The predicted octanol–water partition coefficient (Wildman–Crippen LogP) is 1.74. The summed E-state index contributed by atoms with van der Waals surface area (Å²) in [5.74, 6) is 0. The van der Waals surface area contributed by atoms with Crippen LogP contribution >= 0.6 is 0 Å². The summed E-state index contributed by atoms with van der Waals surface area (Å²) in [5, 5.41) is 6.83. The molecule has 0 unspecified atom stereocenters. The molecular formula is C14H14N3. The molecule has 0 atom stereocenters. The summed E-state index contributed by atoms with van der Waals surface area (Å²) >= 11 is 0. The molecule has 3 heteroatoms. The fraction of sp³-hybridized carbons (Fsp3) is 0.214. The minimum atomic E-state index is 0.188. The number of nitrogens with one attached hydrogen (secondary N) is 2. The molecule has 2 aromatic rings. The van der Waals surface area contributed by atoms with Gasteiger partial charge >= 0.3 is 0 Å². The Morgan fingerprint density at radius 1 is 1.12 bits per heavy atom. The van der Waals surface area contributed by atoms with Crippen LogP contribution in [0.1, 0.15) is 11.7 Å². The lowest BCUT2D eigenvalue weighted by Gasteiger charge is -2.15. The highest BCUT2D eigenvalue weighted by atomic mass is 15.2. The summed E-state index contributed by atoms with van der Waals surface area (Å²) in [7, 11) is 0. The smallest absolute Gasteiger partial charge is 0.0849 e. The topological polar surface area (TPSA) is 37.0 Å². The van der Waals surface area contributed by atoms with E-state index in [1.807, 2.05) is 36.5 Å². The Morgan fingerprint density at radius 3 is 2.76 bits per heavy atom. The normalized spacial score (nSPS) is 16.2. The third-order valence-corrected chi connectivity index (χ3v) is 2.94. The van der Waals surface area contributed by atoms with E-state index in [4.69, 9.17) is 0 Å². The first-order chi connectivity index (χ1) is 8.45. The molecule has 0 aliphatic carbocycles. The van der Waals surface area contributed by atoms with Gasteiger partial charge < -0.3 is 0 Å². The van der Waals surface area contributed by atoms with Crippen LogP contribution in [0.4, 0.5) is 0 Å². The van der Waals surface area contributed by atoms with Gasteiger partial charge in [0.05, 0.1) is 11.9 Å². The average molecular weight is 224 g/mol. The van der Waals surface area contributed by atoms with Crippen LogP contribution in [0, 0.1) is 6.07 Å². The van der Waals surface area contributed by atoms with Crippen molar-refractivity contribution in [1.29, 1.82) is 0 Å². The van der Waals surface area contributed by atoms with Crippen LogP contribution in [-0.2, 0) is 0 Å². The monoisotopic (exact) mass is 224 g/mol. The van der Waals surface area contributed by atoms with Crippen molar-refractivity contribution in [2.45, 2.75) is 6.17 Å². The molecule has 17 heavy (non-hydrogen) atoms. The fourth-order valence-electron chi connectivity index (χ4n) is 2.14. The lowest BCUT2D eigenvalue weighted by Crippen LogP contribution is -2.22. The highest BCUT2D eigenvalue weighted by Crippen LogP contribution is 2.25. The van der Waals surface area contributed by atoms with Crippen LogP contribution in [0.15, 0.2) is 42.6 Å². The van der Waals surface area contributed by atoms with Gasteiger partial charge in [-0.1, -0.05) is 24.3 Å². The van der Waals surface area contributed by atoms with Crippen LogP contribution < -0.4 is 10.6 Å². The number of pyridine rings is 1. The van der Waals surface area contributed by atoms with E-state index in [1.54, 1.807) is 0 Å². The second-order valence-electron chi connectivity index (χ2n) is 4.05. The third kappa shape index (κ3) is 2.07. The van der Waals surface area contributed by atoms with Crippen LogP contribution in [0.5, 0.6) is 0 Å². The van der Waals surface area contributed by atoms with Crippen molar-refractivity contribution < 1.29 is 0 Å². The van der Waals surface area contributed by atoms with Gasteiger partial charge in [0.15, 0.2) is 0 Å². The Bertz CT molecular complexity index is 490. The van der Waals surface area contributed by atoms with Gasteiger partial charge in [0.25, 0.3) is 0 Å². The van der Waals surface area contributed by atoms with Crippen molar-refractivity contribution in [3.63, 3.8) is 0 Å². The van der Waals surface area contributed by atoms with Gasteiger partial charge in [0.1, 0.15) is 0 Å². The highest BCUT2D eigenvalue weighted by Gasteiger charge is 2.19. The Labute approximate surface area is 101 Å². The maximum absolute atomic E-state index is 4.41. The van der Waals surface area contributed by atoms with Crippen molar-refractivity contribution in [3.8, 4) is 11.3 Å². The fourth-order valence-corrected chi connectivity index (χ4v) is 2.14. The minimum absolute atomic E-state index is 0.188. The van der Waals surface area contributed by atoms with E-state index in [1.165, 1.54) is 0 Å². The first-order valence-electron chi connectivity index (χ1n) is 5.84. The molecule has 2 N–H and O–H groups in total. The number of rotatable bonds is 2. The van der Waals surface area contributed by atoms with E-state index < -0.39 is 0 Å².